The number of carbonyl (C=O) groups is 1. The molecule has 0 saturated heterocycles. The molecule has 0 fully saturated rings. The number of amides is 1. The van der Waals surface area contributed by atoms with Crippen LogP contribution in [0.3, 0.4) is 0 Å². The third-order valence-electron chi connectivity index (χ3n) is 7.09. The highest BCUT2D eigenvalue weighted by Crippen LogP contribution is 2.23. The summed E-state index contributed by atoms with van der Waals surface area (Å²) in [5.41, 5.74) is 4.65. The molecule has 0 saturated carbocycles. The second-order valence-corrected chi connectivity index (χ2v) is 10.4. The van der Waals surface area contributed by atoms with Crippen LogP contribution >= 0.6 is 11.6 Å². The van der Waals surface area contributed by atoms with Crippen molar-refractivity contribution >= 4 is 34.1 Å². The summed E-state index contributed by atoms with van der Waals surface area (Å²) < 4.78 is 15.8. The van der Waals surface area contributed by atoms with Crippen molar-refractivity contribution in [2.75, 3.05) is 5.32 Å². The minimum absolute atomic E-state index is 0.0756. The Balaban J connectivity index is 1.37. The van der Waals surface area contributed by atoms with Crippen molar-refractivity contribution < 1.29 is 9.18 Å². The Morgan fingerprint density at radius 2 is 1.45 bits per heavy atom. The number of halogens is 2. The van der Waals surface area contributed by atoms with Crippen LogP contribution in [0.1, 0.15) is 27.3 Å². The molecule has 0 aliphatic rings. The van der Waals surface area contributed by atoms with Gasteiger partial charge in [-0.2, -0.15) is 0 Å². The molecule has 7 heteroatoms. The number of carbonyl (C=O) groups excluding carboxylic acids is 1. The second-order valence-electron chi connectivity index (χ2n) is 9.95. The van der Waals surface area contributed by atoms with E-state index in [0.29, 0.717) is 40.4 Å². The number of rotatable bonds is 7. The van der Waals surface area contributed by atoms with Crippen molar-refractivity contribution in [3.8, 4) is 11.1 Å². The van der Waals surface area contributed by atoms with Gasteiger partial charge in [0.25, 0.3) is 11.5 Å². The quantitative estimate of drug-likeness (QED) is 0.212. The highest BCUT2D eigenvalue weighted by molar-refractivity contribution is 6.30. The molecule has 5 aromatic carbocycles. The van der Waals surface area contributed by atoms with Crippen LogP contribution in [0.5, 0.6) is 0 Å². The number of benzene rings is 5. The van der Waals surface area contributed by atoms with Gasteiger partial charge in [0.05, 0.1) is 23.0 Å². The predicted octanol–water partition coefficient (Wildman–Crippen LogP) is 7.75. The topological polar surface area (TPSA) is 64.0 Å². The van der Waals surface area contributed by atoms with Crippen molar-refractivity contribution in [1.82, 2.24) is 9.55 Å². The summed E-state index contributed by atoms with van der Waals surface area (Å²) in [4.78, 5) is 31.5. The maximum atomic E-state index is 14.2. The fourth-order valence-corrected chi connectivity index (χ4v) is 5.02. The lowest BCUT2D eigenvalue weighted by Gasteiger charge is -2.15. The summed E-state index contributed by atoms with van der Waals surface area (Å²) >= 11 is 6.04. The molecular formula is C35H25ClFN3O2. The predicted molar refractivity (Wildman–Crippen MR) is 166 cm³/mol. The first-order chi connectivity index (χ1) is 20.4. The monoisotopic (exact) mass is 573 g/mol. The zero-order valence-corrected chi connectivity index (χ0v) is 23.2. The Morgan fingerprint density at radius 3 is 2.17 bits per heavy atom. The van der Waals surface area contributed by atoms with Crippen LogP contribution in [0.15, 0.2) is 126 Å². The van der Waals surface area contributed by atoms with Gasteiger partial charge in [0, 0.05) is 17.1 Å². The fourth-order valence-electron chi connectivity index (χ4n) is 4.89. The van der Waals surface area contributed by atoms with Crippen LogP contribution in [-0.4, -0.2) is 15.5 Å². The van der Waals surface area contributed by atoms with E-state index >= 15 is 0 Å². The van der Waals surface area contributed by atoms with Crippen LogP contribution in [0.2, 0.25) is 5.02 Å². The molecule has 1 heterocycles. The lowest BCUT2D eigenvalue weighted by Crippen LogP contribution is -2.26. The van der Waals surface area contributed by atoms with Gasteiger partial charge in [0.1, 0.15) is 11.6 Å². The molecule has 0 bridgehead atoms. The zero-order valence-electron chi connectivity index (χ0n) is 22.4. The van der Waals surface area contributed by atoms with Gasteiger partial charge in [-0.05, 0) is 64.7 Å². The van der Waals surface area contributed by atoms with E-state index in [1.54, 1.807) is 28.8 Å². The van der Waals surface area contributed by atoms with Crippen molar-refractivity contribution in [1.29, 1.82) is 0 Å². The Kier molecular flexibility index (Phi) is 7.62. The number of anilines is 1. The molecule has 42 heavy (non-hydrogen) atoms. The fraction of sp³-hybridized carbons (Fsp3) is 0.0571. The molecule has 206 valence electrons. The lowest BCUT2D eigenvalue weighted by molar-refractivity contribution is 0.102. The summed E-state index contributed by atoms with van der Waals surface area (Å²) in [6.07, 6.45) is 0.473. The molecule has 1 amide bonds. The van der Waals surface area contributed by atoms with Crippen LogP contribution in [-0.2, 0) is 13.0 Å². The molecule has 5 nitrogen and oxygen atoms in total. The molecule has 0 atom stereocenters. The van der Waals surface area contributed by atoms with E-state index < -0.39 is 11.7 Å². The van der Waals surface area contributed by atoms with Gasteiger partial charge in [0.2, 0.25) is 0 Å². The van der Waals surface area contributed by atoms with E-state index in [-0.39, 0.29) is 11.1 Å². The first kappa shape index (κ1) is 27.1. The number of fused-ring (bicyclic) bond motifs is 1. The normalized spacial score (nSPS) is 11.0. The standard InChI is InChI=1S/C35H25ClFN3O2/c36-27-16-14-26(15-17-27)25-12-10-24(11-13-25)22-40-33(20-23-6-2-1-3-7-23)39-32-19-18-28(21-30(32)35(40)42)38-34(41)29-8-4-5-9-31(29)37/h1-19,21H,20,22H2,(H,38,41). The molecule has 0 aliphatic carbocycles. The van der Waals surface area contributed by atoms with Crippen molar-refractivity contribution in [3.05, 3.63) is 165 Å². The molecule has 0 aliphatic heterocycles. The first-order valence-corrected chi connectivity index (χ1v) is 13.8. The number of hydrogen-bond donors (Lipinski definition) is 1. The van der Waals surface area contributed by atoms with E-state index in [1.165, 1.54) is 18.2 Å². The summed E-state index contributed by atoms with van der Waals surface area (Å²) in [5.74, 6) is -0.585. The number of hydrogen-bond acceptors (Lipinski definition) is 3. The van der Waals surface area contributed by atoms with E-state index in [1.807, 2.05) is 78.9 Å². The van der Waals surface area contributed by atoms with Crippen molar-refractivity contribution in [3.63, 3.8) is 0 Å². The molecule has 1 N–H and O–H groups in total. The largest absolute Gasteiger partial charge is 0.322 e. The molecule has 6 rings (SSSR count). The summed E-state index contributed by atoms with van der Waals surface area (Å²) in [5, 5.41) is 3.74. The van der Waals surface area contributed by atoms with Crippen molar-refractivity contribution in [2.45, 2.75) is 13.0 Å². The van der Waals surface area contributed by atoms with E-state index in [4.69, 9.17) is 16.6 Å². The van der Waals surface area contributed by atoms with Gasteiger partial charge < -0.3 is 5.32 Å². The number of aromatic nitrogens is 2. The lowest BCUT2D eigenvalue weighted by atomic mass is 10.0. The van der Waals surface area contributed by atoms with E-state index in [9.17, 15) is 14.0 Å². The van der Waals surface area contributed by atoms with Crippen molar-refractivity contribution in [2.24, 2.45) is 0 Å². The van der Waals surface area contributed by atoms with Gasteiger partial charge in [-0.15, -0.1) is 0 Å². The first-order valence-electron chi connectivity index (χ1n) is 13.4. The highest BCUT2D eigenvalue weighted by Gasteiger charge is 2.15. The van der Waals surface area contributed by atoms with E-state index in [2.05, 4.69) is 5.32 Å². The summed E-state index contributed by atoms with van der Waals surface area (Å²) in [7, 11) is 0. The van der Waals surface area contributed by atoms with Gasteiger partial charge in [0.15, 0.2) is 0 Å². The Morgan fingerprint density at radius 1 is 0.786 bits per heavy atom. The minimum atomic E-state index is -0.618. The Bertz CT molecular complexity index is 1950. The smallest absolute Gasteiger partial charge is 0.261 e. The molecule has 1 aromatic heterocycles. The Labute approximate surface area is 246 Å². The molecule has 0 radical (unpaired) electrons. The van der Waals surface area contributed by atoms with E-state index in [0.717, 1.165) is 22.3 Å². The van der Waals surface area contributed by atoms with Gasteiger partial charge in [-0.3, -0.25) is 14.2 Å². The number of nitrogens with one attached hydrogen (secondary N) is 1. The van der Waals surface area contributed by atoms with Gasteiger partial charge >= 0.3 is 0 Å². The molecule has 0 spiro atoms. The average molecular weight is 574 g/mol. The zero-order chi connectivity index (χ0) is 29.1. The third kappa shape index (κ3) is 5.85. The second kappa shape index (κ2) is 11.8. The third-order valence-corrected chi connectivity index (χ3v) is 7.34. The summed E-state index contributed by atoms with van der Waals surface area (Å²) in [6, 6.07) is 36.3. The average Bonchev–Trinajstić information content (AvgIpc) is 3.01. The van der Waals surface area contributed by atoms with Gasteiger partial charge in [-0.1, -0.05) is 90.5 Å². The summed E-state index contributed by atoms with van der Waals surface area (Å²) in [6.45, 7) is 0.316. The van der Waals surface area contributed by atoms with Crippen LogP contribution in [0.25, 0.3) is 22.0 Å². The molecule has 0 unspecified atom stereocenters. The van der Waals surface area contributed by atoms with Crippen LogP contribution in [0.4, 0.5) is 10.1 Å². The SMILES string of the molecule is O=C(Nc1ccc2nc(Cc3ccccc3)n(Cc3ccc(-c4ccc(Cl)cc4)cc3)c(=O)c2c1)c1ccccc1F. The van der Waals surface area contributed by atoms with Crippen LogP contribution < -0.4 is 10.9 Å². The molecular weight excluding hydrogens is 549 g/mol. The van der Waals surface area contributed by atoms with Gasteiger partial charge in [-0.25, -0.2) is 9.37 Å². The van der Waals surface area contributed by atoms with Crippen LogP contribution in [0, 0.1) is 5.82 Å². The highest BCUT2D eigenvalue weighted by atomic mass is 35.5. The minimum Gasteiger partial charge on any atom is -0.322 e. The maximum absolute atomic E-state index is 14.2. The Hall–Kier alpha value is -5.07. The number of nitrogens with zero attached hydrogens (tertiary/aromatic N) is 2. The maximum Gasteiger partial charge on any atom is 0.261 e. The molecule has 6 aromatic rings.